The predicted molar refractivity (Wildman–Crippen MR) is 112 cm³/mol. The van der Waals surface area contributed by atoms with E-state index in [2.05, 4.69) is 4.72 Å². The minimum atomic E-state index is -3.84. The van der Waals surface area contributed by atoms with Crippen molar-refractivity contribution in [1.29, 1.82) is 0 Å². The molecule has 154 valence electrons. The Morgan fingerprint density at radius 1 is 1.14 bits per heavy atom. The zero-order valence-corrected chi connectivity index (χ0v) is 17.7. The molecule has 2 aliphatic heterocycles. The van der Waals surface area contributed by atoms with Crippen molar-refractivity contribution in [3.63, 3.8) is 0 Å². The zero-order chi connectivity index (χ0) is 20.6. The van der Waals surface area contributed by atoms with Crippen molar-refractivity contribution in [2.24, 2.45) is 0 Å². The highest BCUT2D eigenvalue weighted by atomic mass is 35.5. The van der Waals surface area contributed by atoms with E-state index < -0.39 is 10.0 Å². The summed E-state index contributed by atoms with van der Waals surface area (Å²) in [5.41, 5.74) is 1.50. The van der Waals surface area contributed by atoms with E-state index >= 15 is 0 Å². The van der Waals surface area contributed by atoms with E-state index in [0.29, 0.717) is 28.6 Å². The summed E-state index contributed by atoms with van der Waals surface area (Å²) in [5, 5.41) is 0.380. The summed E-state index contributed by atoms with van der Waals surface area (Å²) in [4.78, 5) is 15.1. The van der Waals surface area contributed by atoms with Crippen molar-refractivity contribution in [2.75, 3.05) is 17.9 Å². The molecule has 2 heterocycles. The first-order chi connectivity index (χ1) is 13.8. The maximum absolute atomic E-state index is 13.1. The fraction of sp³-hybridized carbons (Fsp3) is 0.381. The van der Waals surface area contributed by atoms with Crippen molar-refractivity contribution in [3.8, 4) is 5.75 Å². The average molecular weight is 435 g/mol. The van der Waals surface area contributed by atoms with Crippen LogP contribution in [0.15, 0.2) is 41.3 Å². The molecule has 0 aliphatic carbocycles. The Kier molecular flexibility index (Phi) is 5.44. The fourth-order valence-electron chi connectivity index (χ4n) is 3.87. The molecule has 2 aromatic carbocycles. The number of benzene rings is 2. The monoisotopic (exact) mass is 434 g/mol. The lowest BCUT2D eigenvalue weighted by Crippen LogP contribution is -2.45. The number of halogens is 1. The van der Waals surface area contributed by atoms with Gasteiger partial charge in [-0.25, -0.2) is 8.42 Å². The number of hydrogen-bond acceptors (Lipinski definition) is 4. The number of carbonyl (C=O) groups excluding carboxylic acids is 1. The molecular formula is C21H23ClN2O4S. The van der Waals surface area contributed by atoms with Crippen LogP contribution in [0.1, 0.15) is 41.6 Å². The third-order valence-corrected chi connectivity index (χ3v) is 7.30. The van der Waals surface area contributed by atoms with Crippen LogP contribution in [-0.2, 0) is 10.0 Å². The number of carbonyl (C=O) groups is 1. The number of sulfonamides is 1. The van der Waals surface area contributed by atoms with E-state index in [-0.39, 0.29) is 16.8 Å². The van der Waals surface area contributed by atoms with Crippen molar-refractivity contribution < 1.29 is 17.9 Å². The quantitative estimate of drug-likeness (QED) is 0.784. The molecule has 1 amide bonds. The molecule has 0 aromatic heterocycles. The third kappa shape index (κ3) is 4.07. The summed E-state index contributed by atoms with van der Waals surface area (Å²) in [6.07, 6.45) is 3.89. The van der Waals surface area contributed by atoms with E-state index in [1.807, 2.05) is 4.90 Å². The Balaban J connectivity index is 1.65. The standard InChI is InChI=1S/C21H23ClN2O4S/c1-14-5-7-17(13-19(14)22)29(26,27)23-15-6-8-20-18(12-15)21(25)24-10-3-2-4-16(24)9-11-28-20/h5-8,12-13,16,23H,2-4,9-11H2,1H3. The molecular weight excluding hydrogens is 412 g/mol. The van der Waals surface area contributed by atoms with Crippen molar-refractivity contribution >= 4 is 33.2 Å². The van der Waals surface area contributed by atoms with Crippen molar-refractivity contribution in [3.05, 3.63) is 52.5 Å². The number of anilines is 1. The van der Waals surface area contributed by atoms with E-state index in [4.69, 9.17) is 16.3 Å². The molecule has 2 aromatic rings. The Bertz CT molecular complexity index is 1050. The molecule has 8 heteroatoms. The van der Waals surface area contributed by atoms with Gasteiger partial charge in [-0.15, -0.1) is 0 Å². The largest absolute Gasteiger partial charge is 0.493 e. The van der Waals surface area contributed by atoms with Gasteiger partial charge in [-0.05, 0) is 62.1 Å². The van der Waals surface area contributed by atoms with Crippen LogP contribution in [0.5, 0.6) is 5.75 Å². The van der Waals surface area contributed by atoms with E-state index in [1.54, 1.807) is 31.2 Å². The molecule has 1 unspecified atom stereocenters. The number of hydrogen-bond donors (Lipinski definition) is 1. The Labute approximate surface area is 175 Å². The molecule has 0 bridgehead atoms. The van der Waals surface area contributed by atoms with Gasteiger partial charge in [0.05, 0.1) is 17.1 Å². The number of aryl methyl sites for hydroxylation is 1. The Morgan fingerprint density at radius 2 is 1.97 bits per heavy atom. The lowest BCUT2D eigenvalue weighted by atomic mass is 9.97. The van der Waals surface area contributed by atoms with E-state index in [1.165, 1.54) is 12.1 Å². The van der Waals surface area contributed by atoms with Crippen molar-refractivity contribution in [1.82, 2.24) is 4.90 Å². The Hall–Kier alpha value is -2.25. The van der Waals surface area contributed by atoms with Gasteiger partial charge in [-0.3, -0.25) is 9.52 Å². The van der Waals surface area contributed by atoms with Crippen LogP contribution in [0, 0.1) is 6.92 Å². The SMILES string of the molecule is Cc1ccc(S(=O)(=O)Nc2ccc3c(c2)C(=O)N2CCCCC2CCO3)cc1Cl. The predicted octanol–water partition coefficient (Wildman–Crippen LogP) is 4.23. The second-order valence-electron chi connectivity index (χ2n) is 7.51. The molecule has 1 saturated heterocycles. The summed E-state index contributed by atoms with van der Waals surface area (Å²) < 4.78 is 33.9. The fourth-order valence-corrected chi connectivity index (χ4v) is 5.19. The van der Waals surface area contributed by atoms with Crippen LogP contribution in [0.4, 0.5) is 5.69 Å². The van der Waals surface area contributed by atoms with Gasteiger partial charge in [0.2, 0.25) is 0 Å². The minimum Gasteiger partial charge on any atom is -0.493 e. The summed E-state index contributed by atoms with van der Waals surface area (Å²) in [6, 6.07) is 9.57. The molecule has 4 rings (SSSR count). The number of rotatable bonds is 3. The number of fused-ring (bicyclic) bond motifs is 2. The molecule has 0 radical (unpaired) electrons. The molecule has 1 N–H and O–H groups in total. The normalized spacial score (nSPS) is 19.4. The third-order valence-electron chi connectivity index (χ3n) is 5.51. The molecule has 0 spiro atoms. The number of nitrogens with zero attached hydrogens (tertiary/aromatic N) is 1. The highest BCUT2D eigenvalue weighted by Crippen LogP contribution is 2.31. The van der Waals surface area contributed by atoms with Crippen LogP contribution in [0.3, 0.4) is 0 Å². The number of piperidine rings is 1. The highest BCUT2D eigenvalue weighted by molar-refractivity contribution is 7.92. The van der Waals surface area contributed by atoms with Crippen LogP contribution in [-0.4, -0.2) is 38.4 Å². The summed E-state index contributed by atoms with van der Waals surface area (Å²) in [6.45, 7) is 3.07. The van der Waals surface area contributed by atoms with Crippen molar-refractivity contribution in [2.45, 2.75) is 43.5 Å². The molecule has 0 saturated carbocycles. The summed E-state index contributed by atoms with van der Waals surface area (Å²) in [7, 11) is -3.84. The summed E-state index contributed by atoms with van der Waals surface area (Å²) >= 11 is 6.08. The van der Waals surface area contributed by atoms with Gasteiger partial charge in [0.1, 0.15) is 5.75 Å². The maximum atomic E-state index is 13.1. The smallest absolute Gasteiger partial charge is 0.261 e. The van der Waals surface area contributed by atoms with Gasteiger partial charge >= 0.3 is 0 Å². The van der Waals surface area contributed by atoms with Gasteiger partial charge in [0, 0.05) is 29.7 Å². The maximum Gasteiger partial charge on any atom is 0.261 e. The molecule has 2 aliphatic rings. The molecule has 29 heavy (non-hydrogen) atoms. The van der Waals surface area contributed by atoms with Crippen LogP contribution in [0.2, 0.25) is 5.02 Å². The minimum absolute atomic E-state index is 0.0681. The van der Waals surface area contributed by atoms with Gasteiger partial charge < -0.3 is 9.64 Å². The molecule has 6 nitrogen and oxygen atoms in total. The van der Waals surface area contributed by atoms with Crippen LogP contribution < -0.4 is 9.46 Å². The Morgan fingerprint density at radius 3 is 2.76 bits per heavy atom. The lowest BCUT2D eigenvalue weighted by molar-refractivity contribution is 0.0548. The number of amides is 1. The number of nitrogens with one attached hydrogen (secondary N) is 1. The van der Waals surface area contributed by atoms with Crippen LogP contribution >= 0.6 is 11.6 Å². The highest BCUT2D eigenvalue weighted by Gasteiger charge is 2.31. The van der Waals surface area contributed by atoms with Crippen LogP contribution in [0.25, 0.3) is 0 Å². The van der Waals surface area contributed by atoms with E-state index in [9.17, 15) is 13.2 Å². The van der Waals surface area contributed by atoms with E-state index in [0.717, 1.165) is 37.8 Å². The van der Waals surface area contributed by atoms with Gasteiger partial charge in [0.15, 0.2) is 0 Å². The first-order valence-corrected chi connectivity index (χ1v) is 11.6. The second kappa shape index (κ2) is 7.88. The van der Waals surface area contributed by atoms with Gasteiger partial charge in [-0.2, -0.15) is 0 Å². The topological polar surface area (TPSA) is 75.7 Å². The first-order valence-electron chi connectivity index (χ1n) is 9.72. The summed E-state index contributed by atoms with van der Waals surface area (Å²) in [5.74, 6) is 0.379. The van der Waals surface area contributed by atoms with Gasteiger partial charge in [-0.1, -0.05) is 17.7 Å². The zero-order valence-electron chi connectivity index (χ0n) is 16.2. The average Bonchev–Trinajstić information content (AvgIpc) is 2.69. The molecule has 1 fully saturated rings. The molecule has 1 atom stereocenters. The lowest BCUT2D eigenvalue weighted by Gasteiger charge is -2.37. The second-order valence-corrected chi connectivity index (χ2v) is 9.60. The first kappa shape index (κ1) is 20.0. The number of ether oxygens (including phenoxy) is 1. The van der Waals surface area contributed by atoms with Gasteiger partial charge in [0.25, 0.3) is 15.9 Å².